The van der Waals surface area contributed by atoms with E-state index in [9.17, 15) is 8.42 Å². The lowest BCUT2D eigenvalue weighted by Crippen LogP contribution is -2.16. The molecule has 0 bridgehead atoms. The van der Waals surface area contributed by atoms with Gasteiger partial charge in [0.2, 0.25) is 10.0 Å². The lowest BCUT2D eigenvalue weighted by molar-refractivity contribution is 0.215. The fraction of sp³-hybridized carbons (Fsp3) is 0.455. The van der Waals surface area contributed by atoms with E-state index in [4.69, 9.17) is 15.6 Å². The van der Waals surface area contributed by atoms with Gasteiger partial charge in [0.15, 0.2) is 0 Å². The zero-order chi connectivity index (χ0) is 13.2. The van der Waals surface area contributed by atoms with E-state index in [1.54, 1.807) is 13.0 Å². The lowest BCUT2D eigenvalue weighted by Gasteiger charge is -2.17. The molecule has 0 saturated heterocycles. The summed E-state index contributed by atoms with van der Waals surface area (Å²) >= 11 is 0. The molecule has 0 amide bonds. The van der Waals surface area contributed by atoms with Crippen LogP contribution in [0.25, 0.3) is 0 Å². The van der Waals surface area contributed by atoms with Gasteiger partial charge in [0.1, 0.15) is 5.75 Å². The van der Waals surface area contributed by atoms with Crippen molar-refractivity contribution in [2.75, 3.05) is 5.73 Å². The highest BCUT2D eigenvalue weighted by Crippen LogP contribution is 2.28. The number of ether oxygens (including phenoxy) is 1. The van der Waals surface area contributed by atoms with Crippen LogP contribution in [0.4, 0.5) is 5.69 Å². The highest BCUT2D eigenvalue weighted by molar-refractivity contribution is 7.89. The van der Waals surface area contributed by atoms with Crippen LogP contribution in [0.3, 0.4) is 0 Å². The number of sulfonamides is 1. The molecule has 4 N–H and O–H groups in total. The van der Waals surface area contributed by atoms with Crippen LogP contribution in [0.2, 0.25) is 0 Å². The van der Waals surface area contributed by atoms with Crippen LogP contribution >= 0.6 is 0 Å². The first-order valence-electron chi connectivity index (χ1n) is 5.35. The molecule has 0 aliphatic carbocycles. The van der Waals surface area contributed by atoms with Gasteiger partial charge < -0.3 is 10.5 Å². The standard InChI is InChI=1S/C11H18N2O3S/c1-4-7(2)16-10-5-9(12)6-11(8(10)3)17(13,14)15/h5-7H,4,12H2,1-3H3,(H2,13,14,15). The molecule has 96 valence electrons. The predicted molar refractivity (Wildman–Crippen MR) is 67.3 cm³/mol. The Morgan fingerprint density at radius 3 is 2.47 bits per heavy atom. The Labute approximate surface area is 102 Å². The van der Waals surface area contributed by atoms with Crippen molar-refractivity contribution in [1.82, 2.24) is 0 Å². The fourth-order valence-electron chi connectivity index (χ4n) is 1.40. The number of hydrogen-bond acceptors (Lipinski definition) is 4. The summed E-state index contributed by atoms with van der Waals surface area (Å²) in [5, 5.41) is 5.12. The van der Waals surface area contributed by atoms with Crippen molar-refractivity contribution in [2.45, 2.75) is 38.2 Å². The lowest BCUT2D eigenvalue weighted by atomic mass is 10.2. The molecule has 0 heterocycles. The topological polar surface area (TPSA) is 95.4 Å². The zero-order valence-corrected chi connectivity index (χ0v) is 11.0. The van der Waals surface area contributed by atoms with E-state index in [0.29, 0.717) is 17.0 Å². The van der Waals surface area contributed by atoms with Crippen LogP contribution in [0, 0.1) is 6.92 Å². The van der Waals surface area contributed by atoms with Crippen molar-refractivity contribution in [2.24, 2.45) is 5.14 Å². The molecule has 0 aromatic heterocycles. The molecule has 1 atom stereocenters. The summed E-state index contributed by atoms with van der Waals surface area (Å²) in [6.45, 7) is 5.53. The Morgan fingerprint density at radius 1 is 1.41 bits per heavy atom. The van der Waals surface area contributed by atoms with Gasteiger partial charge in [-0.05, 0) is 26.3 Å². The van der Waals surface area contributed by atoms with Gasteiger partial charge in [0.05, 0.1) is 11.0 Å². The summed E-state index contributed by atoms with van der Waals surface area (Å²) in [7, 11) is -3.78. The molecule has 0 fully saturated rings. The molecule has 1 aromatic rings. The molecular weight excluding hydrogens is 240 g/mol. The number of benzene rings is 1. The molecule has 0 aliphatic heterocycles. The summed E-state index contributed by atoms with van der Waals surface area (Å²) in [6.07, 6.45) is 0.808. The maximum absolute atomic E-state index is 11.4. The Morgan fingerprint density at radius 2 is 2.00 bits per heavy atom. The first kappa shape index (κ1) is 13.8. The summed E-state index contributed by atoms with van der Waals surface area (Å²) in [4.78, 5) is 0.0100. The van der Waals surface area contributed by atoms with Crippen LogP contribution < -0.4 is 15.6 Å². The third-order valence-corrected chi connectivity index (χ3v) is 3.58. The quantitative estimate of drug-likeness (QED) is 0.798. The highest BCUT2D eigenvalue weighted by Gasteiger charge is 2.17. The monoisotopic (exact) mass is 258 g/mol. The number of primary sulfonamides is 1. The SMILES string of the molecule is CCC(C)Oc1cc(N)cc(S(N)(=O)=O)c1C. The summed E-state index contributed by atoms with van der Waals surface area (Å²) in [6, 6.07) is 2.95. The smallest absolute Gasteiger partial charge is 0.238 e. The number of nitrogen functional groups attached to an aromatic ring is 1. The van der Waals surface area contributed by atoms with Crippen molar-refractivity contribution >= 4 is 15.7 Å². The second kappa shape index (κ2) is 4.93. The molecule has 1 rings (SSSR count). The summed E-state index contributed by atoms with van der Waals surface area (Å²) < 4.78 is 28.4. The Hall–Kier alpha value is -1.27. The fourth-order valence-corrected chi connectivity index (χ4v) is 2.23. The van der Waals surface area contributed by atoms with E-state index in [-0.39, 0.29) is 11.0 Å². The third kappa shape index (κ3) is 3.34. The van der Waals surface area contributed by atoms with Crippen molar-refractivity contribution in [3.05, 3.63) is 17.7 Å². The molecule has 0 spiro atoms. The van der Waals surface area contributed by atoms with Gasteiger partial charge in [0, 0.05) is 17.3 Å². The van der Waals surface area contributed by atoms with Crippen LogP contribution in [0.1, 0.15) is 25.8 Å². The van der Waals surface area contributed by atoms with Gasteiger partial charge >= 0.3 is 0 Å². The number of rotatable bonds is 4. The number of anilines is 1. The van der Waals surface area contributed by atoms with E-state index in [1.165, 1.54) is 6.07 Å². The molecule has 17 heavy (non-hydrogen) atoms. The van der Waals surface area contributed by atoms with E-state index in [1.807, 2.05) is 13.8 Å². The molecular formula is C11H18N2O3S. The van der Waals surface area contributed by atoms with E-state index >= 15 is 0 Å². The Bertz CT molecular complexity index is 512. The van der Waals surface area contributed by atoms with E-state index in [0.717, 1.165) is 6.42 Å². The zero-order valence-electron chi connectivity index (χ0n) is 10.2. The largest absolute Gasteiger partial charge is 0.490 e. The van der Waals surface area contributed by atoms with Crippen LogP contribution in [0.5, 0.6) is 5.75 Å². The van der Waals surface area contributed by atoms with Crippen LogP contribution in [0.15, 0.2) is 17.0 Å². The van der Waals surface area contributed by atoms with Crippen molar-refractivity contribution < 1.29 is 13.2 Å². The molecule has 1 aromatic carbocycles. The summed E-state index contributed by atoms with van der Waals surface area (Å²) in [5.41, 5.74) is 6.45. The molecule has 5 nitrogen and oxygen atoms in total. The number of nitrogens with two attached hydrogens (primary N) is 2. The normalized spacial score (nSPS) is 13.4. The summed E-state index contributed by atoms with van der Waals surface area (Å²) in [5.74, 6) is 0.461. The van der Waals surface area contributed by atoms with Gasteiger partial charge in [0.25, 0.3) is 0 Å². The highest BCUT2D eigenvalue weighted by atomic mass is 32.2. The Kier molecular flexibility index (Phi) is 4.00. The van der Waals surface area contributed by atoms with Crippen molar-refractivity contribution in [3.8, 4) is 5.75 Å². The molecule has 0 radical (unpaired) electrons. The average molecular weight is 258 g/mol. The van der Waals surface area contributed by atoms with Crippen LogP contribution in [-0.4, -0.2) is 14.5 Å². The van der Waals surface area contributed by atoms with Gasteiger partial charge in [-0.25, -0.2) is 13.6 Å². The molecule has 0 saturated carbocycles. The van der Waals surface area contributed by atoms with Crippen molar-refractivity contribution in [3.63, 3.8) is 0 Å². The molecule has 1 unspecified atom stereocenters. The third-order valence-electron chi connectivity index (χ3n) is 2.54. The molecule has 6 heteroatoms. The second-order valence-corrected chi connectivity index (χ2v) is 5.55. The van der Waals surface area contributed by atoms with Crippen molar-refractivity contribution in [1.29, 1.82) is 0 Å². The van der Waals surface area contributed by atoms with Gasteiger partial charge in [-0.15, -0.1) is 0 Å². The van der Waals surface area contributed by atoms with Crippen LogP contribution in [-0.2, 0) is 10.0 Å². The van der Waals surface area contributed by atoms with E-state index in [2.05, 4.69) is 0 Å². The van der Waals surface area contributed by atoms with Gasteiger partial charge in [-0.3, -0.25) is 0 Å². The maximum Gasteiger partial charge on any atom is 0.238 e. The minimum Gasteiger partial charge on any atom is -0.490 e. The number of hydrogen-bond donors (Lipinski definition) is 2. The average Bonchev–Trinajstić information content (AvgIpc) is 2.21. The van der Waals surface area contributed by atoms with Gasteiger partial charge in [-0.2, -0.15) is 0 Å². The second-order valence-electron chi connectivity index (χ2n) is 4.02. The predicted octanol–water partition coefficient (Wildman–Crippen LogP) is 1.40. The maximum atomic E-state index is 11.4. The van der Waals surface area contributed by atoms with E-state index < -0.39 is 10.0 Å². The first-order valence-corrected chi connectivity index (χ1v) is 6.90. The minimum atomic E-state index is -3.78. The minimum absolute atomic E-state index is 0.0100. The Balaban J connectivity index is 3.29. The van der Waals surface area contributed by atoms with Gasteiger partial charge in [-0.1, -0.05) is 6.92 Å². The first-order chi connectivity index (χ1) is 7.75. The molecule has 0 aliphatic rings.